The zero-order chi connectivity index (χ0) is 15.7. The topological polar surface area (TPSA) is 93.5 Å². The van der Waals surface area contributed by atoms with Crippen molar-refractivity contribution >= 4 is 11.9 Å². The highest BCUT2D eigenvalue weighted by Crippen LogP contribution is 2.17. The van der Waals surface area contributed by atoms with Crippen molar-refractivity contribution in [2.75, 3.05) is 13.7 Å². The summed E-state index contributed by atoms with van der Waals surface area (Å²) in [6, 6.07) is -0.920. The minimum absolute atomic E-state index is 0.00521. The molecule has 7 nitrogen and oxygen atoms in total. The third-order valence-corrected chi connectivity index (χ3v) is 3.23. The molecule has 0 saturated carbocycles. The standard InChI is InChI=1S/C14H23N3O4/c1-3-4-11(17-7-6-15-10-17)9-13(18)16-12(14(19)20)5-8-21-2/h6-7,10-12H,3-5,8-9H2,1-2H3,(H,16,18)(H,19,20). The number of amides is 1. The summed E-state index contributed by atoms with van der Waals surface area (Å²) in [6.07, 6.45) is 7.41. The molecular weight excluding hydrogens is 274 g/mol. The van der Waals surface area contributed by atoms with E-state index in [0.29, 0.717) is 0 Å². The van der Waals surface area contributed by atoms with E-state index in [9.17, 15) is 9.59 Å². The Labute approximate surface area is 124 Å². The van der Waals surface area contributed by atoms with E-state index >= 15 is 0 Å². The van der Waals surface area contributed by atoms with Gasteiger partial charge in [-0.25, -0.2) is 9.78 Å². The zero-order valence-corrected chi connectivity index (χ0v) is 12.5. The maximum atomic E-state index is 12.1. The lowest BCUT2D eigenvalue weighted by atomic mass is 10.1. The minimum Gasteiger partial charge on any atom is -0.480 e. The predicted molar refractivity (Wildman–Crippen MR) is 76.8 cm³/mol. The fraction of sp³-hybridized carbons (Fsp3) is 0.643. The summed E-state index contributed by atoms with van der Waals surface area (Å²) < 4.78 is 6.74. The van der Waals surface area contributed by atoms with Gasteiger partial charge < -0.3 is 19.7 Å². The van der Waals surface area contributed by atoms with Gasteiger partial charge in [-0.2, -0.15) is 0 Å². The van der Waals surface area contributed by atoms with E-state index in [4.69, 9.17) is 9.84 Å². The number of carbonyl (C=O) groups is 2. The average molecular weight is 297 g/mol. The second-order valence-electron chi connectivity index (χ2n) is 4.90. The molecule has 2 N–H and O–H groups in total. The van der Waals surface area contributed by atoms with Gasteiger partial charge in [0.2, 0.25) is 5.91 Å². The average Bonchev–Trinajstić information content (AvgIpc) is 2.96. The maximum Gasteiger partial charge on any atom is 0.326 e. The van der Waals surface area contributed by atoms with Gasteiger partial charge in [0.25, 0.3) is 0 Å². The summed E-state index contributed by atoms with van der Waals surface area (Å²) in [7, 11) is 1.50. The molecule has 1 aromatic heterocycles. The van der Waals surface area contributed by atoms with E-state index in [-0.39, 0.29) is 31.4 Å². The van der Waals surface area contributed by atoms with Crippen LogP contribution in [0.4, 0.5) is 0 Å². The van der Waals surface area contributed by atoms with Crippen LogP contribution in [0.5, 0.6) is 0 Å². The maximum absolute atomic E-state index is 12.1. The largest absolute Gasteiger partial charge is 0.480 e. The molecule has 1 heterocycles. The molecule has 1 amide bonds. The van der Waals surface area contributed by atoms with Crippen LogP contribution in [-0.4, -0.2) is 46.3 Å². The van der Waals surface area contributed by atoms with Gasteiger partial charge in [-0.3, -0.25) is 4.79 Å². The number of aromatic nitrogens is 2. The Kier molecular flexibility index (Phi) is 7.45. The fourth-order valence-corrected chi connectivity index (χ4v) is 2.14. The lowest BCUT2D eigenvalue weighted by Crippen LogP contribution is -2.42. The van der Waals surface area contributed by atoms with E-state index in [1.54, 1.807) is 12.5 Å². The highest BCUT2D eigenvalue weighted by atomic mass is 16.5. The molecule has 2 atom stereocenters. The first-order valence-electron chi connectivity index (χ1n) is 7.07. The van der Waals surface area contributed by atoms with Crippen molar-refractivity contribution in [1.82, 2.24) is 14.9 Å². The molecule has 118 valence electrons. The molecule has 0 radical (unpaired) electrons. The van der Waals surface area contributed by atoms with Gasteiger partial charge in [0.05, 0.1) is 6.33 Å². The van der Waals surface area contributed by atoms with Gasteiger partial charge in [0, 0.05) is 45.0 Å². The molecule has 1 rings (SSSR count). The second kappa shape index (κ2) is 9.12. The summed E-state index contributed by atoms with van der Waals surface area (Å²) >= 11 is 0. The van der Waals surface area contributed by atoms with E-state index in [1.807, 2.05) is 17.7 Å². The zero-order valence-electron chi connectivity index (χ0n) is 12.5. The number of nitrogens with zero attached hydrogens (tertiary/aromatic N) is 2. The van der Waals surface area contributed by atoms with Gasteiger partial charge in [-0.05, 0) is 6.42 Å². The molecule has 0 fully saturated rings. The van der Waals surface area contributed by atoms with Crippen molar-refractivity contribution in [2.45, 2.75) is 44.7 Å². The molecule has 0 aliphatic heterocycles. The van der Waals surface area contributed by atoms with Crippen molar-refractivity contribution < 1.29 is 19.4 Å². The Morgan fingerprint density at radius 2 is 2.19 bits per heavy atom. The normalized spacial score (nSPS) is 13.6. The van der Waals surface area contributed by atoms with E-state index < -0.39 is 12.0 Å². The highest BCUT2D eigenvalue weighted by molar-refractivity contribution is 5.83. The van der Waals surface area contributed by atoms with E-state index in [1.165, 1.54) is 7.11 Å². The van der Waals surface area contributed by atoms with Crippen molar-refractivity contribution in [2.24, 2.45) is 0 Å². The summed E-state index contributed by atoms with van der Waals surface area (Å²) in [5, 5.41) is 11.6. The van der Waals surface area contributed by atoms with Crippen molar-refractivity contribution in [3.63, 3.8) is 0 Å². The van der Waals surface area contributed by atoms with Gasteiger partial charge >= 0.3 is 5.97 Å². The number of imidazole rings is 1. The number of ether oxygens (including phenoxy) is 1. The third kappa shape index (κ3) is 5.95. The van der Waals surface area contributed by atoms with Crippen LogP contribution in [0.1, 0.15) is 38.6 Å². The predicted octanol–water partition coefficient (Wildman–Crippen LogP) is 1.22. The number of aliphatic carboxylic acids is 1. The SMILES string of the molecule is CCCC(CC(=O)NC(CCOC)C(=O)O)n1ccnc1. The van der Waals surface area contributed by atoms with Gasteiger partial charge in [0.15, 0.2) is 0 Å². The second-order valence-corrected chi connectivity index (χ2v) is 4.90. The quantitative estimate of drug-likeness (QED) is 0.677. The number of carboxylic acids is 1. The van der Waals surface area contributed by atoms with Gasteiger partial charge in [0.1, 0.15) is 6.04 Å². The number of nitrogens with one attached hydrogen (secondary N) is 1. The molecule has 0 spiro atoms. The molecular formula is C14H23N3O4. The summed E-state index contributed by atoms with van der Waals surface area (Å²) in [5.74, 6) is -1.32. The Morgan fingerprint density at radius 1 is 1.43 bits per heavy atom. The van der Waals surface area contributed by atoms with Crippen LogP contribution in [0.25, 0.3) is 0 Å². The monoisotopic (exact) mass is 297 g/mol. The number of carboxylic acid groups (broad SMARTS) is 1. The lowest BCUT2D eigenvalue weighted by Gasteiger charge is -2.19. The molecule has 21 heavy (non-hydrogen) atoms. The molecule has 0 bridgehead atoms. The van der Waals surface area contributed by atoms with Gasteiger partial charge in [-0.1, -0.05) is 13.3 Å². The lowest BCUT2D eigenvalue weighted by molar-refractivity contribution is -0.142. The van der Waals surface area contributed by atoms with Gasteiger partial charge in [-0.15, -0.1) is 0 Å². The van der Waals surface area contributed by atoms with Crippen LogP contribution >= 0.6 is 0 Å². The number of hydrogen-bond donors (Lipinski definition) is 2. The Bertz CT molecular complexity index is 433. The summed E-state index contributed by atoms with van der Waals surface area (Å²) in [6.45, 7) is 2.33. The first-order chi connectivity index (χ1) is 10.1. The fourth-order valence-electron chi connectivity index (χ4n) is 2.14. The molecule has 0 aromatic carbocycles. The molecule has 0 aliphatic carbocycles. The van der Waals surface area contributed by atoms with Crippen molar-refractivity contribution in [1.29, 1.82) is 0 Å². The first-order valence-corrected chi connectivity index (χ1v) is 7.07. The van der Waals surface area contributed by atoms with Crippen LogP contribution in [0.15, 0.2) is 18.7 Å². The highest BCUT2D eigenvalue weighted by Gasteiger charge is 2.22. The number of carbonyl (C=O) groups excluding carboxylic acids is 1. The molecule has 0 aliphatic rings. The summed E-state index contributed by atoms with van der Waals surface area (Å²) in [5.41, 5.74) is 0. The van der Waals surface area contributed by atoms with Crippen molar-refractivity contribution in [3.8, 4) is 0 Å². The van der Waals surface area contributed by atoms with Crippen LogP contribution in [0.3, 0.4) is 0 Å². The van der Waals surface area contributed by atoms with Crippen LogP contribution in [-0.2, 0) is 14.3 Å². The molecule has 0 saturated heterocycles. The molecule has 7 heteroatoms. The molecule has 1 aromatic rings. The van der Waals surface area contributed by atoms with E-state index in [0.717, 1.165) is 12.8 Å². The number of methoxy groups -OCH3 is 1. The Balaban J connectivity index is 2.58. The smallest absolute Gasteiger partial charge is 0.326 e. The van der Waals surface area contributed by atoms with E-state index in [2.05, 4.69) is 10.3 Å². The first kappa shape index (κ1) is 17.2. The Morgan fingerprint density at radius 3 is 2.71 bits per heavy atom. The van der Waals surface area contributed by atoms with Crippen molar-refractivity contribution in [3.05, 3.63) is 18.7 Å². The van der Waals surface area contributed by atoms with Crippen LogP contribution in [0.2, 0.25) is 0 Å². The number of rotatable bonds is 10. The Hall–Kier alpha value is -1.89. The minimum atomic E-state index is -1.05. The third-order valence-electron chi connectivity index (χ3n) is 3.23. The number of hydrogen-bond acceptors (Lipinski definition) is 4. The summed E-state index contributed by atoms with van der Waals surface area (Å²) in [4.78, 5) is 27.1. The van der Waals surface area contributed by atoms with Crippen LogP contribution < -0.4 is 5.32 Å². The molecule has 2 unspecified atom stereocenters. The van der Waals surface area contributed by atoms with Crippen LogP contribution in [0, 0.1) is 0 Å².